The summed E-state index contributed by atoms with van der Waals surface area (Å²) < 4.78 is 22.8. The van der Waals surface area contributed by atoms with E-state index in [1.807, 2.05) is 63.2 Å². The molecule has 18 nitrogen and oxygen atoms in total. The van der Waals surface area contributed by atoms with E-state index in [0.29, 0.717) is 85.0 Å². The summed E-state index contributed by atoms with van der Waals surface area (Å²) in [4.78, 5) is 96.3. The average Bonchev–Trinajstić information content (AvgIpc) is 3.88. The summed E-state index contributed by atoms with van der Waals surface area (Å²) in [5, 5.41) is 14.7. The number of urea groups is 1. The number of benzene rings is 4. The number of aromatic amines is 1. The summed E-state index contributed by atoms with van der Waals surface area (Å²) in [6, 6.07) is 23.3. The first-order valence-corrected chi connectivity index (χ1v) is 23.9. The van der Waals surface area contributed by atoms with Crippen LogP contribution >= 0.6 is 0 Å². The molecule has 1 aromatic heterocycles. The lowest BCUT2D eigenvalue weighted by Crippen LogP contribution is -2.52. The molecule has 71 heavy (non-hydrogen) atoms. The molecule has 5 amide bonds. The van der Waals surface area contributed by atoms with Gasteiger partial charge in [0, 0.05) is 53.6 Å². The minimum atomic E-state index is -0.975. The number of rotatable bonds is 22. The summed E-state index contributed by atoms with van der Waals surface area (Å²) in [6.45, 7) is 6.88. The van der Waals surface area contributed by atoms with Gasteiger partial charge in [0.05, 0.1) is 74.9 Å². The minimum Gasteiger partial charge on any atom is -0.491 e. The molecule has 18 heteroatoms. The summed E-state index contributed by atoms with van der Waals surface area (Å²) in [5.74, 6) is -1.45. The van der Waals surface area contributed by atoms with Gasteiger partial charge >= 0.3 is 6.03 Å². The molecule has 0 saturated heterocycles. The SMILES string of the molecule is CN(C)C[C@@H](NC(=O)N1Cc2c(NC(=O)c3ccc(C(=O)CCCOCCOCCOCCOc4cc5c6c(cccc6c4)C(=O)N(C4CCC(=O)CC4=O)C5=O)cc3)n[nH]c2C1(C)C)c1ccccc1. The van der Waals surface area contributed by atoms with Crippen LogP contribution in [0.3, 0.4) is 0 Å². The van der Waals surface area contributed by atoms with Crippen LogP contribution in [-0.2, 0) is 35.9 Å². The van der Waals surface area contributed by atoms with E-state index in [9.17, 15) is 33.6 Å². The third kappa shape index (κ3) is 11.4. The van der Waals surface area contributed by atoms with Crippen LogP contribution in [-0.4, -0.2) is 139 Å². The number of imide groups is 1. The van der Waals surface area contributed by atoms with Crippen molar-refractivity contribution in [2.75, 3.05) is 72.2 Å². The van der Waals surface area contributed by atoms with Crippen molar-refractivity contribution in [2.45, 2.75) is 70.1 Å². The number of nitrogens with zero attached hydrogens (tertiary/aromatic N) is 4. The molecule has 372 valence electrons. The summed E-state index contributed by atoms with van der Waals surface area (Å²) >= 11 is 0. The van der Waals surface area contributed by atoms with Gasteiger partial charge < -0.3 is 39.4 Å². The van der Waals surface area contributed by atoms with Crippen LogP contribution in [0.4, 0.5) is 10.6 Å². The van der Waals surface area contributed by atoms with Gasteiger partial charge in [-0.05, 0) is 82.1 Å². The summed E-state index contributed by atoms with van der Waals surface area (Å²) in [5.41, 5.74) is 3.18. The number of ether oxygens (including phenoxy) is 4. The number of carbonyl (C=O) groups excluding carboxylic acids is 7. The van der Waals surface area contributed by atoms with Gasteiger partial charge in [-0.15, -0.1) is 0 Å². The molecule has 0 bridgehead atoms. The Labute approximate surface area is 411 Å². The molecule has 1 fully saturated rings. The van der Waals surface area contributed by atoms with Crippen LogP contribution in [0.5, 0.6) is 5.75 Å². The molecular weight excluding hydrogens is 911 g/mol. The van der Waals surface area contributed by atoms with Gasteiger partial charge in [-0.1, -0.05) is 54.6 Å². The first-order chi connectivity index (χ1) is 34.2. The van der Waals surface area contributed by atoms with Gasteiger partial charge in [-0.25, -0.2) is 4.79 Å². The Morgan fingerprint density at radius 2 is 1.49 bits per heavy atom. The minimum absolute atomic E-state index is 0.0725. The van der Waals surface area contributed by atoms with Crippen molar-refractivity contribution in [3.63, 3.8) is 0 Å². The molecule has 3 aliphatic rings. The molecule has 2 atom stereocenters. The maximum atomic E-state index is 13.7. The Balaban J connectivity index is 0.699. The zero-order valence-corrected chi connectivity index (χ0v) is 40.4. The number of nitrogens with one attached hydrogen (secondary N) is 3. The quantitative estimate of drug-likeness (QED) is 0.0303. The Kier molecular flexibility index (Phi) is 15.8. The highest BCUT2D eigenvalue weighted by Crippen LogP contribution is 2.41. The maximum Gasteiger partial charge on any atom is 0.319 e. The number of anilines is 1. The molecule has 5 aromatic rings. The normalized spacial score (nSPS) is 16.7. The first kappa shape index (κ1) is 50.3. The van der Waals surface area contributed by atoms with E-state index < -0.39 is 35.1 Å². The highest BCUT2D eigenvalue weighted by Gasteiger charge is 2.45. The van der Waals surface area contributed by atoms with Crippen molar-refractivity contribution in [3.8, 4) is 5.75 Å². The van der Waals surface area contributed by atoms with Crippen LogP contribution in [0.1, 0.15) is 110 Å². The number of hydrogen-bond donors (Lipinski definition) is 3. The van der Waals surface area contributed by atoms with Crippen molar-refractivity contribution < 1.29 is 52.5 Å². The number of ketones is 3. The van der Waals surface area contributed by atoms with Crippen LogP contribution in [0, 0.1) is 0 Å². The van der Waals surface area contributed by atoms with Crippen LogP contribution in [0.2, 0.25) is 0 Å². The number of aromatic nitrogens is 2. The highest BCUT2D eigenvalue weighted by atomic mass is 16.6. The van der Waals surface area contributed by atoms with Gasteiger partial charge in [0.2, 0.25) is 0 Å². The third-order valence-corrected chi connectivity index (χ3v) is 13.0. The van der Waals surface area contributed by atoms with E-state index in [-0.39, 0.29) is 74.6 Å². The second-order valence-corrected chi connectivity index (χ2v) is 18.6. The largest absolute Gasteiger partial charge is 0.491 e. The molecule has 8 rings (SSSR count). The Morgan fingerprint density at radius 1 is 0.817 bits per heavy atom. The van der Waals surface area contributed by atoms with Crippen molar-refractivity contribution in [2.24, 2.45) is 0 Å². The fourth-order valence-corrected chi connectivity index (χ4v) is 9.28. The van der Waals surface area contributed by atoms with Crippen molar-refractivity contribution in [1.82, 2.24) is 30.2 Å². The molecule has 3 N–H and O–H groups in total. The number of likely N-dealkylation sites (N-methyl/N-ethyl adjacent to an activating group) is 1. The lowest BCUT2D eigenvalue weighted by Gasteiger charge is -2.34. The second kappa shape index (κ2) is 22.3. The number of amides is 5. The molecule has 0 radical (unpaired) electrons. The number of carbonyl (C=O) groups is 7. The zero-order valence-electron chi connectivity index (χ0n) is 40.4. The maximum absolute atomic E-state index is 13.7. The number of Topliss-reactive ketones (excluding diaryl/α,β-unsaturated/α-hetero) is 3. The van der Waals surface area contributed by atoms with E-state index in [2.05, 4.69) is 20.8 Å². The van der Waals surface area contributed by atoms with Gasteiger partial charge in [-0.2, -0.15) is 5.10 Å². The van der Waals surface area contributed by atoms with Crippen molar-refractivity contribution in [1.29, 1.82) is 0 Å². The second-order valence-electron chi connectivity index (χ2n) is 18.6. The number of fused-ring (bicyclic) bond motifs is 1. The molecule has 1 aliphatic carbocycles. The summed E-state index contributed by atoms with van der Waals surface area (Å²) in [6.07, 6.45) is 0.746. The van der Waals surface area contributed by atoms with Crippen molar-refractivity contribution >= 4 is 57.7 Å². The molecule has 2 aliphatic heterocycles. The Hall–Kier alpha value is -7.12. The fourth-order valence-electron chi connectivity index (χ4n) is 9.28. The summed E-state index contributed by atoms with van der Waals surface area (Å²) in [7, 11) is 3.92. The van der Waals surface area contributed by atoms with Gasteiger partial charge in [0.25, 0.3) is 17.7 Å². The Bertz CT molecular complexity index is 2810. The zero-order chi connectivity index (χ0) is 50.2. The van der Waals surface area contributed by atoms with E-state index >= 15 is 0 Å². The average molecular weight is 970 g/mol. The predicted octanol–water partition coefficient (Wildman–Crippen LogP) is 6.26. The van der Waals surface area contributed by atoms with Gasteiger partial charge in [-0.3, -0.25) is 38.8 Å². The van der Waals surface area contributed by atoms with Gasteiger partial charge in [0.15, 0.2) is 17.4 Å². The highest BCUT2D eigenvalue weighted by molar-refractivity contribution is 6.27. The van der Waals surface area contributed by atoms with E-state index in [4.69, 9.17) is 18.9 Å². The topological polar surface area (TPSA) is 219 Å². The van der Waals surface area contributed by atoms with Crippen LogP contribution in [0.15, 0.2) is 84.9 Å². The smallest absolute Gasteiger partial charge is 0.319 e. The number of hydrogen-bond acceptors (Lipinski definition) is 13. The lowest BCUT2D eigenvalue weighted by molar-refractivity contribution is -0.132. The molecule has 3 heterocycles. The molecule has 0 spiro atoms. The van der Waals surface area contributed by atoms with E-state index in [1.165, 1.54) is 0 Å². The molecule has 4 aromatic carbocycles. The molecule has 1 unspecified atom stereocenters. The first-order valence-electron chi connectivity index (χ1n) is 23.9. The predicted molar refractivity (Wildman–Crippen MR) is 261 cm³/mol. The molecule has 1 saturated carbocycles. The van der Waals surface area contributed by atoms with Crippen LogP contribution in [0.25, 0.3) is 10.8 Å². The standard InChI is InChI=1S/C53H59N7O11/c1-53(2)47-41(31-59(53)52(67)54-42(32-58(3)4)33-10-6-5-7-11-33)48(57-56-47)55-49(64)35-17-15-34(16-18-35)44(62)14-9-21-68-22-23-69-24-25-70-26-27-71-38-28-36-12-8-13-39-46(36)40(30-38)51(66)60(50(39)65)43-20-19-37(61)29-45(43)63/h5-8,10-13,15-18,28,30,42-43H,9,14,19-27,29,31-32H2,1-4H3,(H,54,67)(H2,55,56,57,64)/t42-,43?/m1/s1. The fraction of sp³-hybridized carbons (Fsp3) is 0.396. The number of H-pyrrole nitrogens is 1. The van der Waals surface area contributed by atoms with Crippen LogP contribution < -0.4 is 15.4 Å². The van der Waals surface area contributed by atoms with Gasteiger partial charge in [0.1, 0.15) is 18.1 Å². The Morgan fingerprint density at radius 3 is 2.20 bits per heavy atom. The van der Waals surface area contributed by atoms with Crippen molar-refractivity contribution in [3.05, 3.63) is 124 Å². The third-order valence-electron chi connectivity index (χ3n) is 13.0. The van der Waals surface area contributed by atoms with E-state index in [0.717, 1.165) is 21.7 Å². The van der Waals surface area contributed by atoms with E-state index in [1.54, 1.807) is 59.5 Å². The molecular formula is C53H59N7O11. The monoisotopic (exact) mass is 969 g/mol. The lowest BCUT2D eigenvalue weighted by atomic mass is 9.87.